The second-order valence-corrected chi connectivity index (χ2v) is 7.79. The summed E-state index contributed by atoms with van der Waals surface area (Å²) in [5.74, 6) is 0.0648. The van der Waals surface area contributed by atoms with E-state index in [-0.39, 0.29) is 36.5 Å². The van der Waals surface area contributed by atoms with Gasteiger partial charge in [-0.1, -0.05) is 35.9 Å². The Morgan fingerprint density at radius 2 is 1.83 bits per heavy atom. The number of nitrogens with zero attached hydrogens (tertiary/aromatic N) is 4. The minimum absolute atomic E-state index is 0. The molecule has 0 amide bonds. The summed E-state index contributed by atoms with van der Waals surface area (Å²) in [7, 11) is 0. The van der Waals surface area contributed by atoms with E-state index in [1.165, 1.54) is 43.2 Å². The van der Waals surface area contributed by atoms with Crippen molar-refractivity contribution >= 4 is 5.52 Å². The van der Waals surface area contributed by atoms with E-state index in [1.54, 1.807) is 12.1 Å². The van der Waals surface area contributed by atoms with E-state index in [4.69, 9.17) is 4.42 Å². The fraction of sp³-hybridized carbons (Fsp3) is 0.273. The Morgan fingerprint density at radius 3 is 2.60 bits per heavy atom. The average molecular weight is 406 g/mol. The zero-order valence-electron chi connectivity index (χ0n) is 16.4. The van der Waals surface area contributed by atoms with Gasteiger partial charge in [-0.05, 0) is 37.3 Å². The highest BCUT2D eigenvalue weighted by atomic mass is 16.4. The van der Waals surface area contributed by atoms with E-state index >= 15 is 0 Å². The van der Waals surface area contributed by atoms with E-state index in [2.05, 4.69) is 36.3 Å². The lowest BCUT2D eigenvalue weighted by atomic mass is 9.76. The van der Waals surface area contributed by atoms with Crippen LogP contribution in [-0.2, 0) is 6.54 Å². The van der Waals surface area contributed by atoms with Crippen molar-refractivity contribution in [1.29, 1.82) is 0 Å². The fourth-order valence-corrected chi connectivity index (χ4v) is 3.98. The van der Waals surface area contributed by atoms with Gasteiger partial charge in [0, 0.05) is 19.9 Å². The standard InChI is InChI=1S/C22H20N4O4.H2/c1-14-5-7-15(8-6-14)16-11-17(12-16)26-22(29)30-19(23-26)13-24-9-10-25-18(21(24)28)3-2-4-20(25)27;/h2-10,16-17H,11-13H2,1H3;1H. The minimum atomic E-state index is -0.512. The van der Waals surface area contributed by atoms with Crippen LogP contribution in [0.15, 0.2) is 73.7 Å². The van der Waals surface area contributed by atoms with Gasteiger partial charge in [0.2, 0.25) is 5.89 Å². The molecule has 1 fully saturated rings. The van der Waals surface area contributed by atoms with Crippen molar-refractivity contribution in [3.63, 3.8) is 0 Å². The van der Waals surface area contributed by atoms with E-state index in [0.717, 1.165) is 12.8 Å². The SMILES string of the molecule is Cc1ccc(C2CC(n3nc(Cn4ccn5c(=O)cccc5c4=O)oc3=O)C2)cc1.[HH]. The smallest absolute Gasteiger partial charge is 0.390 e. The molecule has 8 heteroatoms. The number of pyridine rings is 1. The van der Waals surface area contributed by atoms with Gasteiger partial charge in [0.05, 0.1) is 6.04 Å². The Morgan fingerprint density at radius 1 is 1.07 bits per heavy atom. The Kier molecular flexibility index (Phi) is 4.27. The van der Waals surface area contributed by atoms with Crippen molar-refractivity contribution in [1.82, 2.24) is 18.7 Å². The maximum Gasteiger partial charge on any atom is 0.437 e. The highest BCUT2D eigenvalue weighted by Gasteiger charge is 2.34. The summed E-state index contributed by atoms with van der Waals surface area (Å²) in [5, 5.41) is 4.32. The third-order valence-corrected chi connectivity index (χ3v) is 5.79. The van der Waals surface area contributed by atoms with Crippen molar-refractivity contribution in [2.45, 2.75) is 38.3 Å². The molecule has 3 heterocycles. The first-order valence-electron chi connectivity index (χ1n) is 9.85. The van der Waals surface area contributed by atoms with Gasteiger partial charge in [-0.3, -0.25) is 14.0 Å². The molecule has 0 bridgehead atoms. The molecule has 8 nitrogen and oxygen atoms in total. The van der Waals surface area contributed by atoms with Crippen molar-refractivity contribution in [3.8, 4) is 0 Å². The Bertz CT molecular complexity index is 1410. The zero-order chi connectivity index (χ0) is 20.8. The summed E-state index contributed by atoms with van der Waals surface area (Å²) in [6, 6.07) is 13.0. The second kappa shape index (κ2) is 6.98. The van der Waals surface area contributed by atoms with Crippen LogP contribution in [0.4, 0.5) is 0 Å². The lowest BCUT2D eigenvalue weighted by Crippen LogP contribution is -2.32. The van der Waals surface area contributed by atoms with Gasteiger partial charge in [-0.15, -0.1) is 5.10 Å². The molecule has 0 spiro atoms. The average Bonchev–Trinajstić information content (AvgIpc) is 3.05. The summed E-state index contributed by atoms with van der Waals surface area (Å²) < 4.78 is 9.34. The molecule has 1 saturated carbocycles. The van der Waals surface area contributed by atoms with E-state index in [0.29, 0.717) is 5.92 Å². The predicted octanol–water partition coefficient (Wildman–Crippen LogP) is 2.33. The van der Waals surface area contributed by atoms with Crippen LogP contribution in [0.1, 0.15) is 43.2 Å². The number of aryl methyl sites for hydroxylation is 1. The van der Waals surface area contributed by atoms with Gasteiger partial charge in [0.15, 0.2) is 0 Å². The van der Waals surface area contributed by atoms with Crippen LogP contribution in [0.5, 0.6) is 0 Å². The third kappa shape index (κ3) is 3.10. The Labute approximate surface area is 172 Å². The molecular formula is C22H22N4O4. The van der Waals surface area contributed by atoms with Crippen molar-refractivity contribution in [2.75, 3.05) is 0 Å². The molecule has 0 unspecified atom stereocenters. The summed E-state index contributed by atoms with van der Waals surface area (Å²) in [5.41, 5.74) is 2.12. The van der Waals surface area contributed by atoms with Crippen molar-refractivity contribution in [3.05, 3.63) is 103 Å². The molecule has 0 aliphatic heterocycles. The zero-order valence-corrected chi connectivity index (χ0v) is 16.4. The fourth-order valence-electron chi connectivity index (χ4n) is 3.98. The first-order valence-corrected chi connectivity index (χ1v) is 9.85. The molecule has 1 aliphatic rings. The Balaban J connectivity index is 0.00000231. The summed E-state index contributed by atoms with van der Waals surface area (Å²) in [6.07, 6.45) is 4.67. The highest BCUT2D eigenvalue weighted by molar-refractivity contribution is 5.43. The molecular weight excluding hydrogens is 384 g/mol. The molecule has 0 radical (unpaired) electrons. The van der Waals surface area contributed by atoms with Crippen LogP contribution in [0.3, 0.4) is 0 Å². The predicted molar refractivity (Wildman–Crippen MR) is 112 cm³/mol. The number of rotatable bonds is 4. The molecule has 0 N–H and O–H groups in total. The van der Waals surface area contributed by atoms with Gasteiger partial charge >= 0.3 is 5.76 Å². The molecule has 0 saturated heterocycles. The minimum Gasteiger partial charge on any atom is -0.390 e. The van der Waals surface area contributed by atoms with Gasteiger partial charge in [0.1, 0.15) is 12.1 Å². The lowest BCUT2D eigenvalue weighted by molar-refractivity contribution is 0.233. The highest BCUT2D eigenvalue weighted by Crippen LogP contribution is 2.43. The summed E-state index contributed by atoms with van der Waals surface area (Å²) >= 11 is 0. The number of hydrogen-bond acceptors (Lipinski definition) is 5. The molecule has 30 heavy (non-hydrogen) atoms. The lowest BCUT2D eigenvalue weighted by Gasteiger charge is -2.34. The van der Waals surface area contributed by atoms with Crippen LogP contribution in [0.25, 0.3) is 5.52 Å². The monoisotopic (exact) mass is 406 g/mol. The molecule has 5 rings (SSSR count). The largest absolute Gasteiger partial charge is 0.437 e. The van der Waals surface area contributed by atoms with Gasteiger partial charge in [-0.25, -0.2) is 4.79 Å². The van der Waals surface area contributed by atoms with Gasteiger partial charge < -0.3 is 8.98 Å². The van der Waals surface area contributed by atoms with Crippen molar-refractivity contribution in [2.24, 2.45) is 0 Å². The second-order valence-electron chi connectivity index (χ2n) is 7.79. The topological polar surface area (TPSA) is 91.5 Å². The number of fused-ring (bicyclic) bond motifs is 1. The number of aromatic nitrogens is 4. The van der Waals surface area contributed by atoms with E-state index < -0.39 is 5.76 Å². The first-order chi connectivity index (χ1) is 14.5. The molecule has 4 aromatic rings. The molecule has 0 atom stereocenters. The maximum atomic E-state index is 12.7. The van der Waals surface area contributed by atoms with Crippen LogP contribution < -0.4 is 16.9 Å². The van der Waals surface area contributed by atoms with Crippen LogP contribution >= 0.6 is 0 Å². The normalized spacial score (nSPS) is 18.4. The summed E-state index contributed by atoms with van der Waals surface area (Å²) in [6.45, 7) is 2.08. The number of benzene rings is 1. The third-order valence-electron chi connectivity index (χ3n) is 5.79. The molecule has 154 valence electrons. The first kappa shape index (κ1) is 18.4. The summed E-state index contributed by atoms with van der Waals surface area (Å²) in [4.78, 5) is 36.8. The molecule has 3 aromatic heterocycles. The molecule has 1 aromatic carbocycles. The van der Waals surface area contributed by atoms with E-state index in [1.807, 2.05) is 0 Å². The number of hydrogen-bond donors (Lipinski definition) is 0. The van der Waals surface area contributed by atoms with Gasteiger partial charge in [-0.2, -0.15) is 4.68 Å². The van der Waals surface area contributed by atoms with Gasteiger partial charge in [0.25, 0.3) is 11.1 Å². The van der Waals surface area contributed by atoms with E-state index in [9.17, 15) is 14.4 Å². The Hall–Kier alpha value is -3.68. The van der Waals surface area contributed by atoms with Crippen LogP contribution in [0, 0.1) is 6.92 Å². The quantitative estimate of drug-likeness (QED) is 0.519. The van der Waals surface area contributed by atoms with Crippen LogP contribution in [-0.4, -0.2) is 18.7 Å². The maximum absolute atomic E-state index is 12.7. The molecule has 1 aliphatic carbocycles. The van der Waals surface area contributed by atoms with Crippen LogP contribution in [0.2, 0.25) is 0 Å². The van der Waals surface area contributed by atoms with Crippen molar-refractivity contribution < 1.29 is 5.84 Å².